The van der Waals surface area contributed by atoms with E-state index in [9.17, 15) is 9.59 Å². The Balaban J connectivity index is 0.000000198. The first kappa shape index (κ1) is 28.1. The van der Waals surface area contributed by atoms with Crippen molar-refractivity contribution in [2.75, 3.05) is 7.11 Å². The van der Waals surface area contributed by atoms with Gasteiger partial charge in [0.15, 0.2) is 0 Å². The molecule has 1 aromatic carbocycles. The van der Waals surface area contributed by atoms with Crippen LogP contribution in [-0.2, 0) is 20.8 Å². The first-order chi connectivity index (χ1) is 16.6. The zero-order valence-corrected chi connectivity index (χ0v) is 22.9. The van der Waals surface area contributed by atoms with Crippen LogP contribution in [0.5, 0.6) is 0 Å². The van der Waals surface area contributed by atoms with Gasteiger partial charge < -0.3 is 4.84 Å². The van der Waals surface area contributed by atoms with E-state index in [2.05, 4.69) is 10.1 Å². The maximum Gasteiger partial charge on any atom is 0.256 e. The van der Waals surface area contributed by atoms with Gasteiger partial charge in [0.05, 0.1) is 22.6 Å². The molecule has 1 aromatic heterocycles. The van der Waals surface area contributed by atoms with Crippen LogP contribution in [0.2, 0.25) is 10.0 Å². The second-order valence-electron chi connectivity index (χ2n) is 7.55. The number of carbonyl (C=O) groups excluding carboxylic acids is 2. The van der Waals surface area contributed by atoms with Crippen LogP contribution in [0.15, 0.2) is 60.0 Å². The third kappa shape index (κ3) is 7.75. The predicted molar refractivity (Wildman–Crippen MR) is 143 cm³/mol. The number of aromatic nitrogens is 1. The third-order valence-electron chi connectivity index (χ3n) is 5.20. The Bertz CT molecular complexity index is 1100. The number of hydrogen-bond acceptors (Lipinski definition) is 6. The first-order valence-corrected chi connectivity index (χ1v) is 13.0. The van der Waals surface area contributed by atoms with E-state index in [1.165, 1.54) is 7.11 Å². The van der Waals surface area contributed by atoms with Crippen molar-refractivity contribution < 1.29 is 14.4 Å². The molecule has 0 N–H and O–H groups in total. The van der Waals surface area contributed by atoms with E-state index in [0.717, 1.165) is 21.1 Å². The fourth-order valence-corrected chi connectivity index (χ4v) is 5.47. The van der Waals surface area contributed by atoms with Crippen molar-refractivity contribution in [2.45, 2.75) is 22.4 Å². The summed E-state index contributed by atoms with van der Waals surface area (Å²) in [5.74, 6) is -1.07. The normalized spacial score (nSPS) is 19.8. The van der Waals surface area contributed by atoms with E-state index >= 15 is 0 Å². The van der Waals surface area contributed by atoms with Gasteiger partial charge in [-0.2, -0.15) is 0 Å². The number of allylic oxidation sites excluding steroid dienone is 2. The summed E-state index contributed by atoms with van der Waals surface area (Å²) in [5.41, 5.74) is 2.57. The highest BCUT2D eigenvalue weighted by molar-refractivity contribution is 8.03. The monoisotopic (exact) mass is 593 g/mol. The van der Waals surface area contributed by atoms with E-state index in [1.54, 1.807) is 24.5 Å². The minimum atomic E-state index is -1.69. The number of benzene rings is 1. The van der Waals surface area contributed by atoms with E-state index in [1.807, 2.05) is 30.4 Å². The smallest absolute Gasteiger partial charge is 0.256 e. The number of carbonyl (C=O) groups is 2. The molecule has 2 unspecified atom stereocenters. The molecule has 2 atom stereocenters. The highest BCUT2D eigenvalue weighted by Crippen LogP contribution is 2.46. The quantitative estimate of drug-likeness (QED) is 0.0940. The lowest BCUT2D eigenvalue weighted by Gasteiger charge is -2.17. The molecule has 12 heteroatoms. The molecule has 2 aliphatic rings. The van der Waals surface area contributed by atoms with Crippen LogP contribution in [0.3, 0.4) is 0 Å². The van der Waals surface area contributed by atoms with Crippen molar-refractivity contribution in [1.29, 1.82) is 0 Å². The average molecular weight is 596 g/mol. The molecule has 2 aromatic rings. The number of alkyl halides is 3. The van der Waals surface area contributed by atoms with Crippen molar-refractivity contribution in [3.63, 3.8) is 0 Å². The molecule has 2 heterocycles. The Morgan fingerprint density at radius 1 is 1.14 bits per heavy atom. The van der Waals surface area contributed by atoms with Crippen LogP contribution in [0.1, 0.15) is 24.0 Å². The summed E-state index contributed by atoms with van der Waals surface area (Å²) in [6, 6.07) is 9.15. The van der Waals surface area contributed by atoms with Gasteiger partial charge in [0, 0.05) is 41.3 Å². The molecule has 2 amide bonds. The molecule has 0 bridgehead atoms. The molecular formula is C23H20Cl5N3O3S. The lowest BCUT2D eigenvalue weighted by Crippen LogP contribution is -2.26. The maximum absolute atomic E-state index is 11.9. The lowest BCUT2D eigenvalue weighted by atomic mass is 9.85. The minimum Gasteiger partial charge on any atom is -0.399 e. The number of nitrogens with zero attached hydrogens (tertiary/aromatic N) is 3. The van der Waals surface area contributed by atoms with E-state index in [4.69, 9.17) is 62.8 Å². The summed E-state index contributed by atoms with van der Waals surface area (Å²) in [6.45, 7) is 0. The summed E-state index contributed by atoms with van der Waals surface area (Å²) in [4.78, 5) is 32.8. The Morgan fingerprint density at radius 3 is 2.31 bits per heavy atom. The molecule has 0 spiro atoms. The standard InChI is InChI=1S/C14H12Cl2N2O.C9H8Cl3NO2S/c1-19-18-14(7-10-3-2-6-17-9-10)12-5-4-11(15)8-13(12)16;10-9(11,12)16-13-7(14)5-3-1-2-4-6(5)8(13)15/h2-6,8-9H,7H2,1H3;1-2,5-6H,3-4H2. The molecule has 0 saturated carbocycles. The molecular weight excluding hydrogens is 576 g/mol. The Hall–Kier alpha value is -1.48. The van der Waals surface area contributed by atoms with Crippen molar-refractivity contribution >= 4 is 87.5 Å². The summed E-state index contributed by atoms with van der Waals surface area (Å²) in [6.07, 6.45) is 9.11. The number of rotatable bonds is 5. The summed E-state index contributed by atoms with van der Waals surface area (Å²) in [7, 11) is 1.51. The van der Waals surface area contributed by atoms with Gasteiger partial charge in [-0.3, -0.25) is 14.6 Å². The van der Waals surface area contributed by atoms with E-state index in [0.29, 0.717) is 41.3 Å². The lowest BCUT2D eigenvalue weighted by molar-refractivity contribution is -0.133. The van der Waals surface area contributed by atoms with Crippen LogP contribution < -0.4 is 0 Å². The Morgan fingerprint density at radius 2 is 1.80 bits per heavy atom. The van der Waals surface area contributed by atoms with Crippen molar-refractivity contribution in [2.24, 2.45) is 17.0 Å². The largest absolute Gasteiger partial charge is 0.399 e. The molecule has 4 rings (SSSR count). The van der Waals surface area contributed by atoms with Gasteiger partial charge in [0.25, 0.3) is 3.12 Å². The maximum atomic E-state index is 11.9. The number of hydrogen-bond donors (Lipinski definition) is 0. The van der Waals surface area contributed by atoms with E-state index < -0.39 is 3.12 Å². The summed E-state index contributed by atoms with van der Waals surface area (Å²) >= 11 is 29.5. The zero-order chi connectivity index (χ0) is 25.6. The summed E-state index contributed by atoms with van der Waals surface area (Å²) < 4.78 is -0.693. The summed E-state index contributed by atoms with van der Waals surface area (Å²) in [5, 5.41) is 5.18. The number of imide groups is 1. The van der Waals surface area contributed by atoms with Gasteiger partial charge in [-0.1, -0.05) is 87.4 Å². The van der Waals surface area contributed by atoms with Crippen LogP contribution >= 0.6 is 70.0 Å². The first-order valence-electron chi connectivity index (χ1n) is 10.3. The topological polar surface area (TPSA) is 71.9 Å². The Labute approximate surface area is 232 Å². The zero-order valence-electron chi connectivity index (χ0n) is 18.3. The number of fused-ring (bicyclic) bond motifs is 1. The molecule has 6 nitrogen and oxygen atoms in total. The van der Waals surface area contributed by atoms with Crippen LogP contribution in [0.25, 0.3) is 0 Å². The fourth-order valence-electron chi connectivity index (χ4n) is 3.67. The minimum absolute atomic E-state index is 0.254. The SMILES string of the molecule is CON=C(Cc1cccnc1)c1ccc(Cl)cc1Cl.O=C1C2CC=CCC2C(=O)N1SC(Cl)(Cl)Cl. The van der Waals surface area contributed by atoms with Gasteiger partial charge in [-0.05, 0) is 36.6 Å². The van der Waals surface area contributed by atoms with Crippen LogP contribution in [0, 0.1) is 11.8 Å². The second kappa shape index (κ2) is 12.7. The van der Waals surface area contributed by atoms with Crippen molar-refractivity contribution in [1.82, 2.24) is 9.29 Å². The highest BCUT2D eigenvalue weighted by Gasteiger charge is 2.49. The van der Waals surface area contributed by atoms with Crippen LogP contribution in [-0.4, -0.2) is 37.0 Å². The number of oxime groups is 1. The predicted octanol–water partition coefficient (Wildman–Crippen LogP) is 6.90. The molecule has 1 aliphatic carbocycles. The van der Waals surface area contributed by atoms with Crippen LogP contribution in [0.4, 0.5) is 0 Å². The van der Waals surface area contributed by atoms with Gasteiger partial charge >= 0.3 is 0 Å². The fraction of sp³-hybridized carbons (Fsp3) is 0.304. The second-order valence-corrected chi connectivity index (χ2v) is 12.5. The highest BCUT2D eigenvalue weighted by atomic mass is 35.6. The number of halogens is 5. The van der Waals surface area contributed by atoms with Crippen molar-refractivity contribution in [3.8, 4) is 0 Å². The van der Waals surface area contributed by atoms with Gasteiger partial charge in [0.1, 0.15) is 7.11 Å². The van der Waals surface area contributed by atoms with E-state index in [-0.39, 0.29) is 23.7 Å². The van der Waals surface area contributed by atoms with Gasteiger partial charge in [-0.15, -0.1) is 0 Å². The Kier molecular flexibility index (Phi) is 10.2. The van der Waals surface area contributed by atoms with Crippen molar-refractivity contribution in [3.05, 3.63) is 76.0 Å². The molecule has 1 saturated heterocycles. The van der Waals surface area contributed by atoms with Gasteiger partial charge in [0.2, 0.25) is 11.8 Å². The number of amides is 2. The molecule has 0 radical (unpaired) electrons. The molecule has 1 aliphatic heterocycles. The molecule has 1 fully saturated rings. The molecule has 35 heavy (non-hydrogen) atoms. The number of pyridine rings is 1. The average Bonchev–Trinajstić information content (AvgIpc) is 3.04. The van der Waals surface area contributed by atoms with Gasteiger partial charge in [-0.25, -0.2) is 4.31 Å². The third-order valence-corrected chi connectivity index (χ3v) is 7.12. The molecule has 186 valence electrons.